The highest BCUT2D eigenvalue weighted by molar-refractivity contribution is 9.11. The van der Waals surface area contributed by atoms with Crippen LogP contribution >= 0.6 is 38.6 Å². The minimum Gasteiger partial charge on any atom is -0.462 e. The lowest BCUT2D eigenvalue weighted by molar-refractivity contribution is 0.0522. The van der Waals surface area contributed by atoms with Gasteiger partial charge in [-0.2, -0.15) is 0 Å². The summed E-state index contributed by atoms with van der Waals surface area (Å²) in [4.78, 5) is 25.2. The Hall–Kier alpha value is -1.44. The molecule has 0 amide bonds. The molecule has 7 heteroatoms. The molecule has 0 aliphatic heterocycles. The Balaban J connectivity index is 2.19. The standard InChI is InChI=1S/C17H15BrO4S2/c1-4-21-16(19)11-6-9-8(3)14-10(13(18)15(9)24-11)7-12(23-14)17(20)22-5-2/h6-7H,4-5H2,1-3H3. The lowest BCUT2D eigenvalue weighted by atomic mass is 10.1. The molecule has 2 aromatic heterocycles. The van der Waals surface area contributed by atoms with Crippen molar-refractivity contribution in [2.75, 3.05) is 13.2 Å². The largest absolute Gasteiger partial charge is 0.462 e. The summed E-state index contributed by atoms with van der Waals surface area (Å²) in [6, 6.07) is 3.71. The summed E-state index contributed by atoms with van der Waals surface area (Å²) >= 11 is 6.44. The number of benzene rings is 1. The maximum atomic E-state index is 12.0. The summed E-state index contributed by atoms with van der Waals surface area (Å²) in [6.45, 7) is 6.29. The Bertz CT molecular complexity index is 824. The third-order valence-electron chi connectivity index (χ3n) is 3.60. The highest BCUT2D eigenvalue weighted by atomic mass is 79.9. The van der Waals surface area contributed by atoms with Crippen LogP contribution in [0.15, 0.2) is 16.6 Å². The molecule has 126 valence electrons. The molecule has 1 aromatic carbocycles. The van der Waals surface area contributed by atoms with Gasteiger partial charge in [0.15, 0.2) is 0 Å². The van der Waals surface area contributed by atoms with Crippen LogP contribution in [-0.2, 0) is 9.47 Å². The van der Waals surface area contributed by atoms with E-state index in [0.717, 1.165) is 30.2 Å². The number of carbonyl (C=O) groups excluding carboxylic acids is 2. The van der Waals surface area contributed by atoms with Gasteiger partial charge < -0.3 is 9.47 Å². The zero-order valence-electron chi connectivity index (χ0n) is 13.4. The van der Waals surface area contributed by atoms with Crippen LogP contribution in [0.3, 0.4) is 0 Å². The van der Waals surface area contributed by atoms with E-state index in [-0.39, 0.29) is 11.9 Å². The molecule has 24 heavy (non-hydrogen) atoms. The fourth-order valence-electron chi connectivity index (χ4n) is 2.52. The molecule has 0 radical (unpaired) electrons. The summed E-state index contributed by atoms with van der Waals surface area (Å²) < 4.78 is 13.1. The van der Waals surface area contributed by atoms with Crippen LogP contribution in [0.4, 0.5) is 0 Å². The molecule has 0 saturated heterocycles. The topological polar surface area (TPSA) is 52.6 Å². The molecule has 3 aromatic rings. The van der Waals surface area contributed by atoms with Gasteiger partial charge in [-0.1, -0.05) is 0 Å². The van der Waals surface area contributed by atoms with Gasteiger partial charge in [-0.05, 0) is 59.8 Å². The van der Waals surface area contributed by atoms with Gasteiger partial charge in [0.25, 0.3) is 0 Å². The van der Waals surface area contributed by atoms with Crippen molar-refractivity contribution in [3.63, 3.8) is 0 Å². The number of ether oxygens (including phenoxy) is 2. The number of carbonyl (C=O) groups is 2. The first-order valence-corrected chi connectivity index (χ1v) is 9.89. The van der Waals surface area contributed by atoms with Gasteiger partial charge in [0.1, 0.15) is 9.75 Å². The fraction of sp³-hybridized carbons (Fsp3) is 0.294. The molecule has 0 N–H and O–H groups in total. The number of halogens is 1. The van der Waals surface area contributed by atoms with Gasteiger partial charge in [0.05, 0.1) is 17.9 Å². The summed E-state index contributed by atoms with van der Waals surface area (Å²) in [5.41, 5.74) is 1.05. The van der Waals surface area contributed by atoms with Gasteiger partial charge in [0, 0.05) is 14.6 Å². The van der Waals surface area contributed by atoms with Crippen LogP contribution in [0.1, 0.15) is 38.8 Å². The minimum atomic E-state index is -0.305. The number of aryl methyl sites for hydroxylation is 1. The van der Waals surface area contributed by atoms with E-state index in [1.54, 1.807) is 13.8 Å². The second kappa shape index (κ2) is 6.82. The number of rotatable bonds is 4. The molecular weight excluding hydrogens is 412 g/mol. The second-order valence-corrected chi connectivity index (χ2v) is 7.98. The van der Waals surface area contributed by atoms with E-state index in [2.05, 4.69) is 15.9 Å². The van der Waals surface area contributed by atoms with Gasteiger partial charge >= 0.3 is 11.9 Å². The molecule has 0 atom stereocenters. The van der Waals surface area contributed by atoms with Crippen molar-refractivity contribution >= 4 is 70.7 Å². The van der Waals surface area contributed by atoms with Crippen LogP contribution < -0.4 is 0 Å². The lowest BCUT2D eigenvalue weighted by Crippen LogP contribution is -2.01. The maximum absolute atomic E-state index is 12.0. The van der Waals surface area contributed by atoms with Crippen molar-refractivity contribution in [2.45, 2.75) is 20.8 Å². The van der Waals surface area contributed by atoms with E-state index in [0.29, 0.717) is 23.0 Å². The molecule has 0 saturated carbocycles. The second-order valence-electron chi connectivity index (χ2n) is 5.09. The van der Waals surface area contributed by atoms with E-state index < -0.39 is 0 Å². The number of fused-ring (bicyclic) bond motifs is 2. The van der Waals surface area contributed by atoms with Crippen molar-refractivity contribution in [1.82, 2.24) is 0 Å². The van der Waals surface area contributed by atoms with Crippen molar-refractivity contribution < 1.29 is 19.1 Å². The van der Waals surface area contributed by atoms with E-state index in [9.17, 15) is 9.59 Å². The first-order chi connectivity index (χ1) is 11.5. The Labute approximate surface area is 155 Å². The molecule has 2 heterocycles. The monoisotopic (exact) mass is 426 g/mol. The SMILES string of the molecule is CCOC(=O)c1cc2c(Br)c3sc(C(=O)OCC)cc3c(C)c2s1. The van der Waals surface area contributed by atoms with Gasteiger partial charge in [-0.15, -0.1) is 22.7 Å². The molecule has 3 rings (SSSR count). The van der Waals surface area contributed by atoms with Gasteiger partial charge in [0.2, 0.25) is 0 Å². The lowest BCUT2D eigenvalue weighted by Gasteiger charge is -2.01. The van der Waals surface area contributed by atoms with E-state index in [1.165, 1.54) is 22.7 Å². The quantitative estimate of drug-likeness (QED) is 0.513. The van der Waals surface area contributed by atoms with Crippen LogP contribution in [0.5, 0.6) is 0 Å². The summed E-state index contributed by atoms with van der Waals surface area (Å²) in [5.74, 6) is -0.610. The van der Waals surface area contributed by atoms with E-state index in [1.807, 2.05) is 19.1 Å². The van der Waals surface area contributed by atoms with E-state index in [4.69, 9.17) is 9.47 Å². The third kappa shape index (κ3) is 2.85. The molecule has 0 aliphatic rings. The zero-order valence-corrected chi connectivity index (χ0v) is 16.6. The molecule has 0 aliphatic carbocycles. The Kier molecular flexibility index (Phi) is 4.94. The predicted molar refractivity (Wildman–Crippen MR) is 102 cm³/mol. The van der Waals surface area contributed by atoms with Gasteiger partial charge in [-0.3, -0.25) is 0 Å². The van der Waals surface area contributed by atoms with Crippen molar-refractivity contribution in [3.05, 3.63) is 31.9 Å². The third-order valence-corrected chi connectivity index (χ3v) is 7.05. The maximum Gasteiger partial charge on any atom is 0.348 e. The average molecular weight is 427 g/mol. The summed E-state index contributed by atoms with van der Waals surface area (Å²) in [5, 5.41) is 1.96. The van der Waals surface area contributed by atoms with E-state index >= 15 is 0 Å². The molecule has 0 fully saturated rings. The first-order valence-electron chi connectivity index (χ1n) is 7.47. The minimum absolute atomic E-state index is 0.305. The number of hydrogen-bond acceptors (Lipinski definition) is 6. The number of esters is 2. The summed E-state index contributed by atoms with van der Waals surface area (Å²) in [6.07, 6.45) is 0. The van der Waals surface area contributed by atoms with Crippen LogP contribution in [-0.4, -0.2) is 25.2 Å². The van der Waals surface area contributed by atoms with Crippen LogP contribution in [0, 0.1) is 6.92 Å². The predicted octanol–water partition coefficient (Wildman–Crippen LogP) is 5.54. The molecular formula is C17H15BrO4S2. The number of hydrogen-bond donors (Lipinski definition) is 0. The van der Waals surface area contributed by atoms with Crippen molar-refractivity contribution in [2.24, 2.45) is 0 Å². The molecule has 0 bridgehead atoms. The molecule has 0 unspecified atom stereocenters. The highest BCUT2D eigenvalue weighted by Crippen LogP contribution is 2.44. The molecule has 4 nitrogen and oxygen atoms in total. The number of thiophene rings is 2. The smallest absolute Gasteiger partial charge is 0.348 e. The van der Waals surface area contributed by atoms with Crippen molar-refractivity contribution in [3.8, 4) is 0 Å². The highest BCUT2D eigenvalue weighted by Gasteiger charge is 2.20. The zero-order chi connectivity index (χ0) is 17.4. The molecule has 0 spiro atoms. The Morgan fingerprint density at radius 1 is 0.958 bits per heavy atom. The fourth-order valence-corrected chi connectivity index (χ4v) is 5.55. The van der Waals surface area contributed by atoms with Gasteiger partial charge in [-0.25, -0.2) is 9.59 Å². The van der Waals surface area contributed by atoms with Crippen LogP contribution in [0.25, 0.3) is 20.2 Å². The average Bonchev–Trinajstić information content (AvgIpc) is 3.18. The Morgan fingerprint density at radius 3 is 2.00 bits per heavy atom. The Morgan fingerprint density at radius 2 is 1.46 bits per heavy atom. The van der Waals surface area contributed by atoms with Crippen LogP contribution in [0.2, 0.25) is 0 Å². The normalized spacial score (nSPS) is 11.2. The van der Waals surface area contributed by atoms with Crippen molar-refractivity contribution in [1.29, 1.82) is 0 Å². The first kappa shape index (κ1) is 17.4. The summed E-state index contributed by atoms with van der Waals surface area (Å²) in [7, 11) is 0.